The molecule has 0 rings (SSSR count). The van der Waals surface area contributed by atoms with E-state index < -0.39 is 5.97 Å². The van der Waals surface area contributed by atoms with Gasteiger partial charge in [-0.25, -0.2) is 0 Å². The van der Waals surface area contributed by atoms with Crippen molar-refractivity contribution < 1.29 is 61.3 Å². The molecule has 0 aromatic carbocycles. The van der Waals surface area contributed by atoms with E-state index in [4.69, 9.17) is 0 Å². The Morgan fingerprint density at radius 3 is 1.41 bits per heavy atom. The van der Waals surface area contributed by atoms with Crippen molar-refractivity contribution in [3.63, 3.8) is 0 Å². The monoisotopic (exact) mass is 407 g/mol. The van der Waals surface area contributed by atoms with Crippen LogP contribution in [-0.2, 0) is 4.79 Å². The van der Waals surface area contributed by atoms with Gasteiger partial charge in [-0.2, -0.15) is 0 Å². The topological polar surface area (TPSA) is 43.4 Å². The van der Waals surface area contributed by atoms with Crippen molar-refractivity contribution in [2.45, 2.75) is 130 Å². The average molecular weight is 408 g/mol. The van der Waals surface area contributed by atoms with E-state index in [1.165, 1.54) is 89.9 Å². The zero-order valence-corrected chi connectivity index (χ0v) is 22.2. The van der Waals surface area contributed by atoms with Crippen molar-refractivity contribution in [2.75, 3.05) is 13.1 Å². The van der Waals surface area contributed by atoms with E-state index in [1.54, 1.807) is 0 Å². The largest absolute Gasteiger partial charge is 1.00 e. The summed E-state index contributed by atoms with van der Waals surface area (Å²) in [6.45, 7) is 8.72. The maximum Gasteiger partial charge on any atom is 1.00 e. The summed E-state index contributed by atoms with van der Waals surface area (Å²) in [5, 5.41) is 11.1. The number of carbonyl (C=O) groups is 1. The molecule has 0 aliphatic carbocycles. The van der Waals surface area contributed by atoms with Crippen LogP contribution in [0.1, 0.15) is 124 Å². The van der Waals surface area contributed by atoms with E-state index in [2.05, 4.69) is 25.7 Å². The van der Waals surface area contributed by atoms with Gasteiger partial charge in [0.1, 0.15) is 0 Å². The minimum atomic E-state index is -0.902. The smallest absolute Gasteiger partial charge is 0.550 e. The van der Waals surface area contributed by atoms with Gasteiger partial charge in [-0.3, -0.25) is 0 Å². The molecule has 0 bridgehead atoms. The molecule has 0 aromatic rings. The Labute approximate surface area is 212 Å². The summed E-state index contributed by atoms with van der Waals surface area (Å²) in [7, 11) is 0. The fraction of sp³-hybridized carbons (Fsp3) is 0.957. The van der Waals surface area contributed by atoms with E-state index >= 15 is 0 Å². The number of nitrogens with zero attached hydrogens (tertiary/aromatic N) is 1. The Bertz CT molecular complexity index is 295. The van der Waals surface area contributed by atoms with Crippen molar-refractivity contribution in [2.24, 2.45) is 0 Å². The standard InChI is InChI=1S/C23H47NO2.K/c1-4-7-9-11-13-15-17-19-24(22(6-3)21-23(25)26)20-18-16-14-12-10-8-5-2;/h22H,4-21H2,1-3H3,(H,25,26);/q;+1/p-1. The van der Waals surface area contributed by atoms with Crippen molar-refractivity contribution in [3.05, 3.63) is 0 Å². The maximum atomic E-state index is 11.1. The molecule has 0 heterocycles. The quantitative estimate of drug-likeness (QED) is 0.230. The molecule has 1 atom stereocenters. The summed E-state index contributed by atoms with van der Waals surface area (Å²) in [6.07, 6.45) is 19.4. The Balaban J connectivity index is 0. The summed E-state index contributed by atoms with van der Waals surface area (Å²) in [6, 6.07) is 0.153. The third-order valence-electron chi connectivity index (χ3n) is 5.49. The second-order valence-electron chi connectivity index (χ2n) is 7.92. The molecule has 0 N–H and O–H groups in total. The first-order valence-electron chi connectivity index (χ1n) is 11.6. The molecule has 0 amide bonds. The van der Waals surface area contributed by atoms with Crippen LogP contribution in [0.3, 0.4) is 0 Å². The van der Waals surface area contributed by atoms with Crippen LogP contribution in [-0.4, -0.2) is 30.0 Å². The summed E-state index contributed by atoms with van der Waals surface area (Å²) in [4.78, 5) is 13.5. The Morgan fingerprint density at radius 2 is 1.07 bits per heavy atom. The number of aliphatic carboxylic acids is 1. The summed E-state index contributed by atoms with van der Waals surface area (Å²) < 4.78 is 0. The molecule has 0 saturated heterocycles. The Kier molecular flexibility index (Phi) is 26.2. The minimum Gasteiger partial charge on any atom is -0.550 e. The van der Waals surface area contributed by atoms with E-state index in [-0.39, 0.29) is 63.8 Å². The zero-order chi connectivity index (χ0) is 19.5. The van der Waals surface area contributed by atoms with Gasteiger partial charge in [-0.1, -0.05) is 97.8 Å². The van der Waals surface area contributed by atoms with Gasteiger partial charge in [0.25, 0.3) is 0 Å². The molecule has 156 valence electrons. The number of rotatable bonds is 20. The summed E-state index contributed by atoms with van der Waals surface area (Å²) >= 11 is 0. The normalized spacial score (nSPS) is 12.1. The van der Waals surface area contributed by atoms with Crippen molar-refractivity contribution >= 4 is 5.97 Å². The molecule has 0 radical (unpaired) electrons. The molecule has 0 aromatic heterocycles. The van der Waals surface area contributed by atoms with Gasteiger partial charge in [0.15, 0.2) is 0 Å². The molecule has 27 heavy (non-hydrogen) atoms. The van der Waals surface area contributed by atoms with Crippen LogP contribution < -0.4 is 56.5 Å². The fourth-order valence-corrected chi connectivity index (χ4v) is 3.74. The molecule has 0 aliphatic rings. The molecule has 0 saturated carbocycles. The van der Waals surface area contributed by atoms with Gasteiger partial charge in [0.05, 0.1) is 0 Å². The average Bonchev–Trinajstić information content (AvgIpc) is 2.63. The number of carbonyl (C=O) groups excluding carboxylic acids is 1. The third kappa shape index (κ3) is 20.1. The first-order chi connectivity index (χ1) is 12.7. The molecular weight excluding hydrogens is 361 g/mol. The summed E-state index contributed by atoms with van der Waals surface area (Å²) in [5.74, 6) is -0.902. The van der Waals surface area contributed by atoms with Gasteiger partial charge in [0.2, 0.25) is 0 Å². The van der Waals surface area contributed by atoms with E-state index in [1.807, 2.05) is 0 Å². The van der Waals surface area contributed by atoms with Crippen molar-refractivity contribution in [1.29, 1.82) is 0 Å². The van der Waals surface area contributed by atoms with Gasteiger partial charge >= 0.3 is 51.4 Å². The molecular formula is C23H46KNO2. The van der Waals surface area contributed by atoms with E-state index in [0.717, 1.165) is 19.5 Å². The minimum absolute atomic E-state index is 0. The number of hydrogen-bond donors (Lipinski definition) is 0. The van der Waals surface area contributed by atoms with Crippen LogP contribution >= 0.6 is 0 Å². The van der Waals surface area contributed by atoms with Crippen LogP contribution in [0.4, 0.5) is 0 Å². The number of carboxylic acids is 1. The van der Waals surface area contributed by atoms with Crippen molar-refractivity contribution in [3.8, 4) is 0 Å². The van der Waals surface area contributed by atoms with Crippen LogP contribution in [0.2, 0.25) is 0 Å². The van der Waals surface area contributed by atoms with Gasteiger partial charge in [-0.05, 0) is 32.4 Å². The van der Waals surface area contributed by atoms with Gasteiger partial charge in [-0.15, -0.1) is 0 Å². The maximum absolute atomic E-state index is 11.1. The van der Waals surface area contributed by atoms with Gasteiger partial charge in [0, 0.05) is 18.4 Å². The number of hydrogen-bond acceptors (Lipinski definition) is 3. The Morgan fingerprint density at radius 1 is 0.704 bits per heavy atom. The van der Waals surface area contributed by atoms with Gasteiger partial charge < -0.3 is 14.8 Å². The first kappa shape index (κ1) is 30.3. The SMILES string of the molecule is CCCCCCCCCN(CCCCCCCCC)C(CC)CC(=O)[O-].[K+]. The van der Waals surface area contributed by atoms with Crippen LogP contribution in [0.15, 0.2) is 0 Å². The van der Waals surface area contributed by atoms with Crippen LogP contribution in [0.5, 0.6) is 0 Å². The predicted octanol–water partition coefficient (Wildman–Crippen LogP) is 2.71. The molecule has 1 unspecified atom stereocenters. The molecule has 0 fully saturated rings. The first-order valence-corrected chi connectivity index (χ1v) is 11.6. The molecule has 4 heteroatoms. The second kappa shape index (κ2) is 23.3. The van der Waals surface area contributed by atoms with Crippen LogP contribution in [0, 0.1) is 0 Å². The number of unbranched alkanes of at least 4 members (excludes halogenated alkanes) is 12. The van der Waals surface area contributed by atoms with Crippen LogP contribution in [0.25, 0.3) is 0 Å². The predicted molar refractivity (Wildman–Crippen MR) is 111 cm³/mol. The zero-order valence-electron chi connectivity index (χ0n) is 19.1. The third-order valence-corrected chi connectivity index (χ3v) is 5.49. The summed E-state index contributed by atoms with van der Waals surface area (Å²) in [5.41, 5.74) is 0. The second-order valence-corrected chi connectivity index (χ2v) is 7.92. The molecule has 0 aliphatic heterocycles. The molecule has 3 nitrogen and oxygen atoms in total. The van der Waals surface area contributed by atoms with E-state index in [0.29, 0.717) is 0 Å². The molecule has 0 spiro atoms. The van der Waals surface area contributed by atoms with E-state index in [9.17, 15) is 9.90 Å². The fourth-order valence-electron chi connectivity index (χ4n) is 3.74. The Hall–Kier alpha value is 1.07. The van der Waals surface area contributed by atoms with Crippen molar-refractivity contribution in [1.82, 2.24) is 4.90 Å². The number of carboxylic acid groups (broad SMARTS) is 1.